The number of carbonyl (C=O) groups is 1. The number of phenolic OH excluding ortho intramolecular Hbond substituents is 1. The van der Waals surface area contributed by atoms with Gasteiger partial charge in [-0.3, -0.25) is 4.79 Å². The molecule has 0 aliphatic carbocycles. The third-order valence-electron chi connectivity index (χ3n) is 1.88. The van der Waals surface area contributed by atoms with E-state index in [1.165, 1.54) is 13.0 Å². The lowest BCUT2D eigenvalue weighted by molar-refractivity contribution is -0.118. The normalized spacial score (nSPS) is 9.35. The fraction of sp³-hybridized carbons (Fsp3) is 0.250. The van der Waals surface area contributed by atoms with Gasteiger partial charge in [0.15, 0.2) is 11.6 Å². The minimum atomic E-state index is -0.802. The molecule has 0 heterocycles. The topological polar surface area (TPSA) is 49.3 Å². The van der Waals surface area contributed by atoms with Crippen molar-refractivity contribution in [1.29, 1.82) is 0 Å². The second-order valence-electron chi connectivity index (χ2n) is 3.32. The summed E-state index contributed by atoms with van der Waals surface area (Å²) in [7, 11) is 0. The number of hydrogen-bond donors (Lipinski definition) is 2. The standard InChI is InChI=1S/C12H11ClFNO2/c1-8(16)15-5-3-2-4-9-6-10(13)7-11(14)12(9)17/h6-7,17H,3,5H2,1H3,(H,15,16). The van der Waals surface area contributed by atoms with Gasteiger partial charge in [-0.1, -0.05) is 23.4 Å². The van der Waals surface area contributed by atoms with Crippen molar-refractivity contribution in [3.63, 3.8) is 0 Å². The summed E-state index contributed by atoms with van der Waals surface area (Å²) in [5.41, 5.74) is 0.137. The Morgan fingerprint density at radius 1 is 1.59 bits per heavy atom. The summed E-state index contributed by atoms with van der Waals surface area (Å²) in [5, 5.41) is 12.1. The molecule has 0 bridgehead atoms. The minimum Gasteiger partial charge on any atom is -0.504 e. The predicted octanol–water partition coefficient (Wildman–Crippen LogP) is 2.06. The van der Waals surface area contributed by atoms with E-state index in [0.29, 0.717) is 13.0 Å². The van der Waals surface area contributed by atoms with Gasteiger partial charge in [0.25, 0.3) is 0 Å². The second kappa shape index (κ2) is 6.12. The molecule has 1 aromatic carbocycles. The maximum absolute atomic E-state index is 13.1. The molecular weight excluding hydrogens is 245 g/mol. The SMILES string of the molecule is CC(=O)NCCC#Cc1cc(Cl)cc(F)c1O. The Labute approximate surface area is 104 Å². The van der Waals surface area contributed by atoms with E-state index < -0.39 is 11.6 Å². The Bertz CT molecular complexity index is 491. The Morgan fingerprint density at radius 3 is 2.94 bits per heavy atom. The molecule has 0 aliphatic heterocycles. The molecule has 3 nitrogen and oxygen atoms in total. The van der Waals surface area contributed by atoms with Gasteiger partial charge in [0, 0.05) is 24.9 Å². The first-order chi connectivity index (χ1) is 8.00. The summed E-state index contributed by atoms with van der Waals surface area (Å²) < 4.78 is 13.1. The van der Waals surface area contributed by atoms with Gasteiger partial charge in [-0.05, 0) is 12.1 Å². The number of amides is 1. The highest BCUT2D eigenvalue weighted by atomic mass is 35.5. The number of carbonyl (C=O) groups excluding carboxylic acids is 1. The lowest BCUT2D eigenvalue weighted by atomic mass is 10.2. The first-order valence-electron chi connectivity index (χ1n) is 4.92. The van der Waals surface area contributed by atoms with Crippen LogP contribution in [0.5, 0.6) is 5.75 Å². The molecule has 0 aromatic heterocycles. The third-order valence-corrected chi connectivity index (χ3v) is 2.09. The molecule has 0 saturated carbocycles. The van der Waals surface area contributed by atoms with Crippen LogP contribution in [0.25, 0.3) is 0 Å². The van der Waals surface area contributed by atoms with Gasteiger partial charge < -0.3 is 10.4 Å². The van der Waals surface area contributed by atoms with E-state index in [4.69, 9.17) is 11.6 Å². The number of nitrogens with one attached hydrogen (secondary N) is 1. The summed E-state index contributed by atoms with van der Waals surface area (Å²) in [5.74, 6) is 3.84. The smallest absolute Gasteiger partial charge is 0.216 e. The largest absolute Gasteiger partial charge is 0.504 e. The van der Waals surface area contributed by atoms with Gasteiger partial charge in [0.1, 0.15) is 0 Å². The number of hydrogen-bond acceptors (Lipinski definition) is 2. The van der Waals surface area contributed by atoms with E-state index >= 15 is 0 Å². The van der Waals surface area contributed by atoms with Crippen LogP contribution in [-0.2, 0) is 4.79 Å². The molecule has 0 saturated heterocycles. The van der Waals surface area contributed by atoms with Crippen LogP contribution in [-0.4, -0.2) is 17.6 Å². The molecular formula is C12H11ClFNO2. The number of rotatable bonds is 2. The van der Waals surface area contributed by atoms with E-state index in [-0.39, 0.29) is 16.5 Å². The maximum Gasteiger partial charge on any atom is 0.216 e. The number of aromatic hydroxyl groups is 1. The Balaban J connectivity index is 2.68. The van der Waals surface area contributed by atoms with Gasteiger partial charge in [-0.2, -0.15) is 0 Å². The predicted molar refractivity (Wildman–Crippen MR) is 63.3 cm³/mol. The number of phenols is 1. The van der Waals surface area contributed by atoms with Crippen LogP contribution in [0.1, 0.15) is 18.9 Å². The zero-order chi connectivity index (χ0) is 12.8. The number of halogens is 2. The van der Waals surface area contributed by atoms with Crippen molar-refractivity contribution in [1.82, 2.24) is 5.32 Å². The van der Waals surface area contributed by atoms with Crippen molar-refractivity contribution >= 4 is 17.5 Å². The fourth-order valence-electron chi connectivity index (χ4n) is 1.12. The summed E-state index contributed by atoms with van der Waals surface area (Å²) in [6, 6.07) is 2.39. The molecule has 0 atom stereocenters. The summed E-state index contributed by atoms with van der Waals surface area (Å²) >= 11 is 5.63. The third kappa shape index (κ3) is 4.33. The van der Waals surface area contributed by atoms with Gasteiger partial charge in [0.05, 0.1) is 5.56 Å². The van der Waals surface area contributed by atoms with Gasteiger partial charge in [-0.15, -0.1) is 0 Å². The molecule has 1 aromatic rings. The molecule has 17 heavy (non-hydrogen) atoms. The minimum absolute atomic E-state index is 0.136. The zero-order valence-corrected chi connectivity index (χ0v) is 9.94. The first kappa shape index (κ1) is 13.3. The number of benzene rings is 1. The highest BCUT2D eigenvalue weighted by molar-refractivity contribution is 6.30. The molecule has 0 aliphatic rings. The zero-order valence-electron chi connectivity index (χ0n) is 9.18. The van der Waals surface area contributed by atoms with Crippen LogP contribution in [0, 0.1) is 17.7 Å². The molecule has 0 unspecified atom stereocenters. The van der Waals surface area contributed by atoms with Gasteiger partial charge in [0.2, 0.25) is 5.91 Å². The molecule has 90 valence electrons. The fourth-order valence-corrected chi connectivity index (χ4v) is 1.32. The lowest BCUT2D eigenvalue weighted by Gasteiger charge is -1.99. The summed E-state index contributed by atoms with van der Waals surface area (Å²) in [6.45, 7) is 1.82. The van der Waals surface area contributed by atoms with E-state index in [0.717, 1.165) is 6.07 Å². The molecule has 0 fully saturated rings. The van der Waals surface area contributed by atoms with Crippen LogP contribution < -0.4 is 5.32 Å². The second-order valence-corrected chi connectivity index (χ2v) is 3.75. The van der Waals surface area contributed by atoms with E-state index in [1.54, 1.807) is 0 Å². The Hall–Kier alpha value is -1.73. The molecule has 0 spiro atoms. The van der Waals surface area contributed by atoms with Crippen LogP contribution in [0.3, 0.4) is 0 Å². The van der Waals surface area contributed by atoms with Crippen LogP contribution in [0.15, 0.2) is 12.1 Å². The van der Waals surface area contributed by atoms with Crippen molar-refractivity contribution in [3.8, 4) is 17.6 Å². The average Bonchev–Trinajstić information content (AvgIpc) is 2.23. The molecule has 1 rings (SSSR count). The van der Waals surface area contributed by atoms with Crippen molar-refractivity contribution in [3.05, 3.63) is 28.5 Å². The van der Waals surface area contributed by atoms with Gasteiger partial charge in [-0.25, -0.2) is 4.39 Å². The lowest BCUT2D eigenvalue weighted by Crippen LogP contribution is -2.20. The quantitative estimate of drug-likeness (QED) is 0.628. The van der Waals surface area contributed by atoms with Crippen molar-refractivity contribution in [2.24, 2.45) is 0 Å². The van der Waals surface area contributed by atoms with E-state index in [9.17, 15) is 14.3 Å². The summed E-state index contributed by atoms with van der Waals surface area (Å²) in [4.78, 5) is 10.6. The van der Waals surface area contributed by atoms with Crippen LogP contribution in [0.4, 0.5) is 4.39 Å². The van der Waals surface area contributed by atoms with Crippen molar-refractivity contribution in [2.75, 3.05) is 6.54 Å². The Kier molecular flexibility index (Phi) is 4.80. The van der Waals surface area contributed by atoms with E-state index in [2.05, 4.69) is 17.2 Å². The molecule has 2 N–H and O–H groups in total. The highest BCUT2D eigenvalue weighted by Crippen LogP contribution is 2.24. The molecule has 5 heteroatoms. The van der Waals surface area contributed by atoms with Crippen LogP contribution >= 0.6 is 11.6 Å². The Morgan fingerprint density at radius 2 is 2.29 bits per heavy atom. The average molecular weight is 256 g/mol. The van der Waals surface area contributed by atoms with Crippen LogP contribution in [0.2, 0.25) is 5.02 Å². The molecule has 0 radical (unpaired) electrons. The van der Waals surface area contributed by atoms with Crippen molar-refractivity contribution < 1.29 is 14.3 Å². The summed E-state index contributed by atoms with van der Waals surface area (Å²) in [6.07, 6.45) is 0.410. The molecule has 1 amide bonds. The maximum atomic E-state index is 13.1. The van der Waals surface area contributed by atoms with Crippen molar-refractivity contribution in [2.45, 2.75) is 13.3 Å². The monoisotopic (exact) mass is 255 g/mol. The highest BCUT2D eigenvalue weighted by Gasteiger charge is 2.06. The van der Waals surface area contributed by atoms with Gasteiger partial charge >= 0.3 is 0 Å². The first-order valence-corrected chi connectivity index (χ1v) is 5.30. The van der Waals surface area contributed by atoms with E-state index in [1.807, 2.05) is 0 Å².